The van der Waals surface area contributed by atoms with Gasteiger partial charge in [-0.25, -0.2) is 9.78 Å². The van der Waals surface area contributed by atoms with Crippen molar-refractivity contribution in [3.63, 3.8) is 0 Å². The van der Waals surface area contributed by atoms with E-state index < -0.39 is 24.1 Å². The van der Waals surface area contributed by atoms with Gasteiger partial charge in [-0.3, -0.25) is 5.32 Å². The predicted molar refractivity (Wildman–Crippen MR) is 121 cm³/mol. The van der Waals surface area contributed by atoms with Gasteiger partial charge in [0.05, 0.1) is 6.61 Å². The summed E-state index contributed by atoms with van der Waals surface area (Å²) in [6.07, 6.45) is 4.66. The maximum atomic E-state index is 12.9. The SMILES string of the molecule is O=C(O[C@@H](Cc1c(Cl)c[nH+]cc1Cl)c1ccc(OC(F)F)c(OCC2CC2)c1)C1NCCS1. The van der Waals surface area contributed by atoms with Crippen molar-refractivity contribution < 1.29 is 32.8 Å². The van der Waals surface area contributed by atoms with E-state index >= 15 is 0 Å². The second-order valence-electron chi connectivity index (χ2n) is 7.80. The zero-order valence-electron chi connectivity index (χ0n) is 17.5. The Morgan fingerprint density at radius 1 is 1.21 bits per heavy atom. The number of hydrogen-bond acceptors (Lipinski definition) is 6. The fraction of sp³-hybridized carbons (Fsp3) is 0.455. The topological polar surface area (TPSA) is 70.9 Å². The number of pyridine rings is 1. The van der Waals surface area contributed by atoms with Gasteiger partial charge in [-0.15, -0.1) is 11.8 Å². The molecule has 33 heavy (non-hydrogen) atoms. The number of rotatable bonds is 10. The first-order valence-corrected chi connectivity index (χ1v) is 12.3. The zero-order chi connectivity index (χ0) is 23.4. The lowest BCUT2D eigenvalue weighted by molar-refractivity contribution is -0.377. The molecule has 178 valence electrons. The second kappa shape index (κ2) is 11.1. The van der Waals surface area contributed by atoms with Crippen LogP contribution in [0.4, 0.5) is 8.78 Å². The van der Waals surface area contributed by atoms with Crippen LogP contribution in [0.25, 0.3) is 0 Å². The highest BCUT2D eigenvalue weighted by molar-refractivity contribution is 8.00. The van der Waals surface area contributed by atoms with Crippen molar-refractivity contribution in [3.8, 4) is 11.5 Å². The summed E-state index contributed by atoms with van der Waals surface area (Å²) in [5, 5.41) is 3.38. The molecule has 4 rings (SSSR count). The Kier molecular flexibility index (Phi) is 8.16. The fourth-order valence-corrected chi connectivity index (χ4v) is 4.82. The van der Waals surface area contributed by atoms with Crippen molar-refractivity contribution >= 4 is 40.9 Å². The first-order chi connectivity index (χ1) is 15.9. The second-order valence-corrected chi connectivity index (χ2v) is 9.83. The summed E-state index contributed by atoms with van der Waals surface area (Å²) in [6.45, 7) is -1.88. The highest BCUT2D eigenvalue weighted by Crippen LogP contribution is 2.38. The third-order valence-corrected chi connectivity index (χ3v) is 7.11. The molecule has 1 unspecified atom stereocenters. The average molecular weight is 520 g/mol. The highest BCUT2D eigenvalue weighted by atomic mass is 35.5. The average Bonchev–Trinajstić information content (AvgIpc) is 3.44. The van der Waals surface area contributed by atoms with E-state index in [-0.39, 0.29) is 17.9 Å². The molecular formula is C22H23Cl2F2N2O4S+. The molecule has 1 saturated heterocycles. The Bertz CT molecular complexity index is 971. The largest absolute Gasteiger partial charge is 0.489 e. The molecular weight excluding hydrogens is 497 g/mol. The number of esters is 1. The maximum absolute atomic E-state index is 12.9. The smallest absolute Gasteiger partial charge is 0.387 e. The van der Waals surface area contributed by atoms with Crippen LogP contribution in [-0.4, -0.2) is 36.9 Å². The lowest BCUT2D eigenvalue weighted by Crippen LogP contribution is -2.32. The Hall–Kier alpha value is -1.81. The predicted octanol–water partition coefficient (Wildman–Crippen LogP) is 4.69. The molecule has 2 heterocycles. The minimum atomic E-state index is -2.99. The molecule has 1 aromatic heterocycles. The molecule has 1 aliphatic carbocycles. The standard InChI is InChI=1S/C22H22Cl2F2N2O4S/c23-15-9-27-10-16(24)14(15)8-18(31-21(29)20-28-5-6-33-20)13-3-4-17(32-22(25)26)19(7-13)30-11-12-1-2-12/h3-4,7,9-10,12,18,20,22,28H,1-2,5-6,8,11H2/p+1/t18-,20?/m0/s1. The van der Waals surface area contributed by atoms with Crippen molar-refractivity contribution in [1.29, 1.82) is 0 Å². The summed E-state index contributed by atoms with van der Waals surface area (Å²) in [5.74, 6) is 0.886. The van der Waals surface area contributed by atoms with E-state index in [4.69, 9.17) is 32.7 Å². The molecule has 11 heteroatoms. The van der Waals surface area contributed by atoms with Gasteiger partial charge >= 0.3 is 12.6 Å². The monoisotopic (exact) mass is 519 g/mol. The van der Waals surface area contributed by atoms with Gasteiger partial charge in [0.1, 0.15) is 16.1 Å². The first-order valence-electron chi connectivity index (χ1n) is 10.5. The van der Waals surface area contributed by atoms with Crippen LogP contribution < -0.4 is 19.8 Å². The molecule has 2 atom stereocenters. The van der Waals surface area contributed by atoms with Crippen LogP contribution in [0.15, 0.2) is 30.6 Å². The number of hydrogen-bond donors (Lipinski definition) is 1. The summed E-state index contributed by atoms with van der Waals surface area (Å²) in [5.41, 5.74) is 1.15. The van der Waals surface area contributed by atoms with Gasteiger partial charge in [0.15, 0.2) is 29.3 Å². The third-order valence-electron chi connectivity index (χ3n) is 5.30. The lowest BCUT2D eigenvalue weighted by Gasteiger charge is -2.22. The summed E-state index contributed by atoms with van der Waals surface area (Å²) in [4.78, 5) is 15.6. The minimum absolute atomic E-state index is 0.0714. The molecule has 2 aromatic rings. The number of ether oxygens (including phenoxy) is 3. The molecule has 0 spiro atoms. The number of benzene rings is 1. The van der Waals surface area contributed by atoms with Crippen molar-refractivity contribution in [2.75, 3.05) is 18.9 Å². The van der Waals surface area contributed by atoms with Gasteiger partial charge in [0.25, 0.3) is 0 Å². The number of carbonyl (C=O) groups excluding carboxylic acids is 1. The van der Waals surface area contributed by atoms with Gasteiger partial charge in [-0.2, -0.15) is 8.78 Å². The van der Waals surface area contributed by atoms with Crippen LogP contribution in [-0.2, 0) is 16.0 Å². The van der Waals surface area contributed by atoms with Crippen LogP contribution in [0.3, 0.4) is 0 Å². The maximum Gasteiger partial charge on any atom is 0.387 e. The van der Waals surface area contributed by atoms with Crippen LogP contribution in [0.2, 0.25) is 10.0 Å². The number of aromatic nitrogens is 1. The van der Waals surface area contributed by atoms with E-state index in [1.54, 1.807) is 24.5 Å². The molecule has 2 fully saturated rings. The van der Waals surface area contributed by atoms with Gasteiger partial charge < -0.3 is 14.2 Å². The van der Waals surface area contributed by atoms with E-state index in [2.05, 4.69) is 15.0 Å². The fourth-order valence-electron chi connectivity index (χ4n) is 3.39. The van der Waals surface area contributed by atoms with Crippen molar-refractivity contribution in [3.05, 3.63) is 51.8 Å². The summed E-state index contributed by atoms with van der Waals surface area (Å²) in [7, 11) is 0. The van der Waals surface area contributed by atoms with Gasteiger partial charge in [0, 0.05) is 24.3 Å². The number of nitrogens with one attached hydrogen (secondary N) is 2. The number of H-pyrrole nitrogens is 1. The van der Waals surface area contributed by atoms with E-state index in [9.17, 15) is 13.6 Å². The number of carbonyl (C=O) groups is 1. The number of thioether (sulfide) groups is 1. The van der Waals surface area contributed by atoms with Gasteiger partial charge in [-0.1, -0.05) is 29.3 Å². The molecule has 0 amide bonds. The summed E-state index contributed by atoms with van der Waals surface area (Å²) >= 11 is 14.1. The van der Waals surface area contributed by atoms with Crippen molar-refractivity contribution in [2.24, 2.45) is 5.92 Å². The van der Waals surface area contributed by atoms with E-state index in [0.29, 0.717) is 40.2 Å². The number of alkyl halides is 2. The van der Waals surface area contributed by atoms with E-state index in [1.165, 1.54) is 17.8 Å². The number of aromatic amines is 1. The zero-order valence-corrected chi connectivity index (χ0v) is 19.8. The minimum Gasteiger partial charge on any atom is -0.489 e. The molecule has 0 bridgehead atoms. The van der Waals surface area contributed by atoms with Crippen LogP contribution >= 0.6 is 35.0 Å². The Balaban J connectivity index is 1.63. The highest BCUT2D eigenvalue weighted by Gasteiger charge is 2.30. The molecule has 1 saturated carbocycles. The first kappa shape index (κ1) is 24.3. The molecule has 6 nitrogen and oxygen atoms in total. The lowest BCUT2D eigenvalue weighted by atomic mass is 10.0. The quantitative estimate of drug-likeness (QED) is 0.459. The molecule has 2 N–H and O–H groups in total. The third kappa shape index (κ3) is 6.62. The Labute approximate surface area is 204 Å². The molecule has 0 radical (unpaired) electrons. The summed E-state index contributed by atoms with van der Waals surface area (Å²) < 4.78 is 42.1. The van der Waals surface area contributed by atoms with Crippen molar-refractivity contribution in [1.82, 2.24) is 5.32 Å². The van der Waals surface area contributed by atoms with Crippen LogP contribution in [0, 0.1) is 5.92 Å². The van der Waals surface area contributed by atoms with E-state index in [1.807, 2.05) is 0 Å². The molecule has 1 aromatic carbocycles. The Morgan fingerprint density at radius 3 is 2.61 bits per heavy atom. The van der Waals surface area contributed by atoms with Crippen molar-refractivity contribution in [2.45, 2.75) is 37.4 Å². The van der Waals surface area contributed by atoms with Gasteiger partial charge in [-0.05, 0) is 36.5 Å². The Morgan fingerprint density at radius 2 is 1.97 bits per heavy atom. The summed E-state index contributed by atoms with van der Waals surface area (Å²) in [6, 6.07) is 4.55. The van der Waals surface area contributed by atoms with E-state index in [0.717, 1.165) is 18.6 Å². The van der Waals surface area contributed by atoms with Crippen LogP contribution in [0.1, 0.15) is 30.1 Å². The normalized spacial score (nSPS) is 18.9. The van der Waals surface area contributed by atoms with Crippen LogP contribution in [0.5, 0.6) is 11.5 Å². The van der Waals surface area contributed by atoms with Gasteiger partial charge in [0.2, 0.25) is 0 Å². The number of halogens is 4. The molecule has 2 aliphatic rings. The molecule has 1 aliphatic heterocycles.